The Bertz CT molecular complexity index is 223. The second-order valence-electron chi connectivity index (χ2n) is 6.51. The van der Waals surface area contributed by atoms with E-state index in [1.165, 1.54) is 12.8 Å². The van der Waals surface area contributed by atoms with Crippen molar-refractivity contribution in [3.63, 3.8) is 0 Å². The quantitative estimate of drug-likeness (QED) is 0.793. The van der Waals surface area contributed by atoms with Crippen LogP contribution >= 0.6 is 0 Å². The Morgan fingerprint density at radius 3 is 2.25 bits per heavy atom. The van der Waals surface area contributed by atoms with Crippen LogP contribution in [0, 0.1) is 11.3 Å². The molecule has 0 amide bonds. The lowest BCUT2D eigenvalue weighted by atomic mass is 9.86. The lowest BCUT2D eigenvalue weighted by Crippen LogP contribution is -2.52. The predicted octanol–water partition coefficient (Wildman–Crippen LogP) is 2.74. The molecule has 0 aromatic heterocycles. The van der Waals surface area contributed by atoms with Crippen molar-refractivity contribution in [1.82, 2.24) is 10.2 Å². The fraction of sp³-hybridized carbons (Fsp3) is 1.00. The summed E-state index contributed by atoms with van der Waals surface area (Å²) in [5, 5.41) is 3.54. The van der Waals surface area contributed by atoms with Gasteiger partial charge in [0.25, 0.3) is 0 Å². The maximum atomic E-state index is 3.54. The Hall–Kier alpha value is -0.0800. The van der Waals surface area contributed by atoms with Crippen LogP contribution in [0.5, 0.6) is 0 Å². The van der Waals surface area contributed by atoms with Crippen molar-refractivity contribution in [3.8, 4) is 0 Å². The van der Waals surface area contributed by atoms with Crippen LogP contribution in [0.25, 0.3) is 0 Å². The fourth-order valence-corrected chi connectivity index (χ4v) is 3.16. The van der Waals surface area contributed by atoms with Crippen LogP contribution in [0.3, 0.4) is 0 Å². The maximum Gasteiger partial charge on any atom is 0.0271 e. The summed E-state index contributed by atoms with van der Waals surface area (Å²) in [4.78, 5) is 2.58. The van der Waals surface area contributed by atoms with Crippen LogP contribution in [0.2, 0.25) is 0 Å². The first kappa shape index (κ1) is 14.0. The highest BCUT2D eigenvalue weighted by molar-refractivity contribution is 5.00. The first-order valence-corrected chi connectivity index (χ1v) is 6.70. The van der Waals surface area contributed by atoms with Gasteiger partial charge in [0, 0.05) is 18.1 Å². The minimum Gasteiger partial charge on any atom is -0.315 e. The number of likely N-dealkylation sites (N-methyl/N-ethyl adjacent to an activating group) is 2. The van der Waals surface area contributed by atoms with E-state index < -0.39 is 0 Å². The van der Waals surface area contributed by atoms with Gasteiger partial charge in [0.05, 0.1) is 0 Å². The standard InChI is InChI=1S/C14H30N2/c1-10(2)11(3)16(7)12-8-9-14(4,5)13(12)15-6/h10-13,15H,8-9H2,1-7H3. The van der Waals surface area contributed by atoms with Gasteiger partial charge >= 0.3 is 0 Å². The normalized spacial score (nSPS) is 31.3. The van der Waals surface area contributed by atoms with Crippen molar-refractivity contribution in [3.05, 3.63) is 0 Å². The van der Waals surface area contributed by atoms with E-state index in [-0.39, 0.29) is 0 Å². The highest BCUT2D eigenvalue weighted by Crippen LogP contribution is 2.40. The van der Waals surface area contributed by atoms with Crippen LogP contribution in [-0.2, 0) is 0 Å². The molecule has 1 aliphatic rings. The largest absolute Gasteiger partial charge is 0.315 e. The second-order valence-corrected chi connectivity index (χ2v) is 6.51. The van der Waals surface area contributed by atoms with E-state index in [1.54, 1.807) is 0 Å². The van der Waals surface area contributed by atoms with Gasteiger partial charge < -0.3 is 5.32 Å². The lowest BCUT2D eigenvalue weighted by Gasteiger charge is -2.39. The number of nitrogens with one attached hydrogen (secondary N) is 1. The van der Waals surface area contributed by atoms with Gasteiger partial charge in [-0.25, -0.2) is 0 Å². The molecule has 96 valence electrons. The van der Waals surface area contributed by atoms with Crippen molar-refractivity contribution >= 4 is 0 Å². The van der Waals surface area contributed by atoms with Gasteiger partial charge in [-0.3, -0.25) is 4.90 Å². The molecule has 0 aliphatic heterocycles. The summed E-state index contributed by atoms with van der Waals surface area (Å²) in [6, 6.07) is 1.98. The molecule has 3 atom stereocenters. The van der Waals surface area contributed by atoms with Crippen molar-refractivity contribution in [1.29, 1.82) is 0 Å². The van der Waals surface area contributed by atoms with Crippen molar-refractivity contribution < 1.29 is 0 Å². The third kappa shape index (κ3) is 2.60. The molecule has 0 aromatic rings. The highest BCUT2D eigenvalue weighted by atomic mass is 15.2. The minimum absolute atomic E-state index is 0.435. The zero-order valence-corrected chi connectivity index (χ0v) is 12.2. The minimum atomic E-state index is 0.435. The summed E-state index contributed by atoms with van der Waals surface area (Å²) in [5.74, 6) is 0.728. The molecule has 1 N–H and O–H groups in total. The summed E-state index contributed by atoms with van der Waals surface area (Å²) in [6.45, 7) is 11.8. The number of rotatable bonds is 4. The number of nitrogens with zero attached hydrogens (tertiary/aromatic N) is 1. The van der Waals surface area contributed by atoms with E-state index in [1.807, 2.05) is 0 Å². The molecule has 0 heterocycles. The molecule has 16 heavy (non-hydrogen) atoms. The zero-order chi connectivity index (χ0) is 12.5. The van der Waals surface area contributed by atoms with Crippen molar-refractivity contribution in [2.75, 3.05) is 14.1 Å². The molecule has 0 bridgehead atoms. The van der Waals surface area contributed by atoms with Gasteiger partial charge in [-0.05, 0) is 45.2 Å². The molecule has 2 heteroatoms. The fourth-order valence-electron chi connectivity index (χ4n) is 3.16. The number of hydrogen-bond acceptors (Lipinski definition) is 2. The molecular weight excluding hydrogens is 196 g/mol. The third-order valence-corrected chi connectivity index (χ3v) is 4.75. The first-order chi connectivity index (χ1) is 7.31. The SMILES string of the molecule is CNC1C(N(C)C(C)C(C)C)CCC1(C)C. The van der Waals surface area contributed by atoms with Gasteiger partial charge in [-0.2, -0.15) is 0 Å². The summed E-state index contributed by atoms with van der Waals surface area (Å²) in [7, 11) is 4.40. The third-order valence-electron chi connectivity index (χ3n) is 4.75. The number of hydrogen-bond donors (Lipinski definition) is 1. The van der Waals surface area contributed by atoms with Crippen LogP contribution in [0.15, 0.2) is 0 Å². The van der Waals surface area contributed by atoms with Gasteiger partial charge in [0.1, 0.15) is 0 Å². The monoisotopic (exact) mass is 226 g/mol. The average Bonchev–Trinajstić information content (AvgIpc) is 2.50. The summed E-state index contributed by atoms with van der Waals surface area (Å²) in [6.07, 6.45) is 2.66. The molecule has 3 unspecified atom stereocenters. The van der Waals surface area contributed by atoms with Gasteiger partial charge in [0.2, 0.25) is 0 Å². The van der Waals surface area contributed by atoms with E-state index in [0.717, 1.165) is 5.92 Å². The van der Waals surface area contributed by atoms with E-state index >= 15 is 0 Å². The molecule has 1 saturated carbocycles. The van der Waals surface area contributed by atoms with Gasteiger partial charge in [-0.1, -0.05) is 27.7 Å². The van der Waals surface area contributed by atoms with E-state index in [9.17, 15) is 0 Å². The van der Waals surface area contributed by atoms with Crippen LogP contribution in [0.4, 0.5) is 0 Å². The summed E-state index contributed by atoms with van der Waals surface area (Å²) >= 11 is 0. The van der Waals surface area contributed by atoms with Gasteiger partial charge in [0.15, 0.2) is 0 Å². The smallest absolute Gasteiger partial charge is 0.0271 e. The molecule has 1 fully saturated rings. The molecule has 1 rings (SSSR count). The van der Waals surface area contributed by atoms with E-state index in [4.69, 9.17) is 0 Å². The van der Waals surface area contributed by atoms with Crippen LogP contribution < -0.4 is 5.32 Å². The lowest BCUT2D eigenvalue weighted by molar-refractivity contribution is 0.115. The second kappa shape index (κ2) is 5.05. The van der Waals surface area contributed by atoms with Gasteiger partial charge in [-0.15, -0.1) is 0 Å². The first-order valence-electron chi connectivity index (χ1n) is 6.70. The molecule has 2 nitrogen and oxygen atoms in total. The van der Waals surface area contributed by atoms with Crippen LogP contribution in [-0.4, -0.2) is 37.1 Å². The van der Waals surface area contributed by atoms with Crippen molar-refractivity contribution in [2.45, 2.75) is 65.6 Å². The summed E-state index contributed by atoms with van der Waals surface area (Å²) in [5.41, 5.74) is 0.435. The Balaban J connectivity index is 2.74. The van der Waals surface area contributed by atoms with E-state index in [2.05, 4.69) is 58.9 Å². The Labute approximate surface area is 102 Å². The highest BCUT2D eigenvalue weighted by Gasteiger charge is 2.43. The Morgan fingerprint density at radius 1 is 1.25 bits per heavy atom. The predicted molar refractivity (Wildman–Crippen MR) is 71.7 cm³/mol. The summed E-state index contributed by atoms with van der Waals surface area (Å²) < 4.78 is 0. The molecule has 0 aromatic carbocycles. The zero-order valence-electron chi connectivity index (χ0n) is 12.2. The topological polar surface area (TPSA) is 15.3 Å². The van der Waals surface area contributed by atoms with Crippen molar-refractivity contribution in [2.24, 2.45) is 11.3 Å². The average molecular weight is 226 g/mol. The Kier molecular flexibility index (Phi) is 4.42. The Morgan fingerprint density at radius 2 is 1.81 bits per heavy atom. The van der Waals surface area contributed by atoms with Crippen LogP contribution in [0.1, 0.15) is 47.5 Å². The molecule has 0 spiro atoms. The molecule has 1 aliphatic carbocycles. The van der Waals surface area contributed by atoms with E-state index in [0.29, 0.717) is 23.5 Å². The molecular formula is C14H30N2. The molecule has 0 saturated heterocycles. The maximum absolute atomic E-state index is 3.54. The molecule has 0 radical (unpaired) electrons.